The molecular formula is C19H22N4O. The summed E-state index contributed by atoms with van der Waals surface area (Å²) in [5.74, 6) is 0.935. The van der Waals surface area contributed by atoms with Gasteiger partial charge in [-0.2, -0.15) is 0 Å². The highest BCUT2D eigenvalue weighted by molar-refractivity contribution is 6.06. The quantitative estimate of drug-likeness (QED) is 0.766. The SMILES string of the molecule is O=C(c1c[nH]c2ccccc12)N(Cc1ncc[nH]1)C1CCCCC1. The predicted octanol–water partition coefficient (Wildman–Crippen LogP) is 3.87. The number of benzene rings is 1. The summed E-state index contributed by atoms with van der Waals surface area (Å²) in [5.41, 5.74) is 1.75. The van der Waals surface area contributed by atoms with E-state index >= 15 is 0 Å². The second-order valence-electron chi connectivity index (χ2n) is 6.51. The van der Waals surface area contributed by atoms with Crippen molar-refractivity contribution < 1.29 is 4.79 Å². The number of carbonyl (C=O) groups excluding carboxylic acids is 1. The van der Waals surface area contributed by atoms with Gasteiger partial charge in [0.1, 0.15) is 5.82 Å². The highest BCUT2D eigenvalue weighted by Crippen LogP contribution is 2.27. The Labute approximate surface area is 141 Å². The van der Waals surface area contributed by atoms with E-state index in [0.717, 1.165) is 35.1 Å². The fourth-order valence-corrected chi connectivity index (χ4v) is 3.71. The van der Waals surface area contributed by atoms with Gasteiger partial charge in [0.2, 0.25) is 0 Å². The lowest BCUT2D eigenvalue weighted by Gasteiger charge is -2.34. The summed E-state index contributed by atoms with van der Waals surface area (Å²) in [6.07, 6.45) is 11.2. The summed E-state index contributed by atoms with van der Waals surface area (Å²) in [6.45, 7) is 0.538. The van der Waals surface area contributed by atoms with Gasteiger partial charge in [-0.25, -0.2) is 4.98 Å². The molecule has 3 aromatic rings. The Morgan fingerprint density at radius 1 is 1.17 bits per heavy atom. The molecular weight excluding hydrogens is 300 g/mol. The molecule has 4 rings (SSSR count). The van der Waals surface area contributed by atoms with Gasteiger partial charge in [0.25, 0.3) is 5.91 Å². The molecule has 1 aliphatic rings. The first-order valence-corrected chi connectivity index (χ1v) is 8.68. The maximum absolute atomic E-state index is 13.3. The summed E-state index contributed by atoms with van der Waals surface area (Å²) in [6, 6.07) is 8.26. The zero-order valence-corrected chi connectivity index (χ0v) is 13.7. The largest absolute Gasteiger partial charge is 0.360 e. The van der Waals surface area contributed by atoms with Gasteiger partial charge in [-0.1, -0.05) is 37.5 Å². The van der Waals surface area contributed by atoms with Crippen molar-refractivity contribution in [1.82, 2.24) is 19.9 Å². The Bertz CT molecular complexity index is 815. The van der Waals surface area contributed by atoms with Crippen LogP contribution in [0, 0.1) is 0 Å². The summed E-state index contributed by atoms with van der Waals surface area (Å²) in [5, 5.41) is 0.989. The normalized spacial score (nSPS) is 15.7. The number of hydrogen-bond acceptors (Lipinski definition) is 2. The molecule has 1 saturated carbocycles. The molecule has 0 spiro atoms. The topological polar surface area (TPSA) is 64.8 Å². The summed E-state index contributed by atoms with van der Waals surface area (Å²) in [7, 11) is 0. The molecule has 5 heteroatoms. The van der Waals surface area contributed by atoms with Crippen molar-refractivity contribution in [3.8, 4) is 0 Å². The number of aromatic amines is 2. The molecule has 2 N–H and O–H groups in total. The van der Waals surface area contributed by atoms with Crippen molar-refractivity contribution in [1.29, 1.82) is 0 Å². The van der Waals surface area contributed by atoms with Crippen LogP contribution in [0.2, 0.25) is 0 Å². The van der Waals surface area contributed by atoms with Crippen LogP contribution in [0.5, 0.6) is 0 Å². The van der Waals surface area contributed by atoms with Crippen LogP contribution in [0.1, 0.15) is 48.3 Å². The molecule has 0 radical (unpaired) electrons. The van der Waals surface area contributed by atoms with E-state index in [1.54, 1.807) is 6.20 Å². The van der Waals surface area contributed by atoms with Crippen LogP contribution in [0.3, 0.4) is 0 Å². The molecule has 5 nitrogen and oxygen atoms in total. The molecule has 1 fully saturated rings. The number of rotatable bonds is 4. The van der Waals surface area contributed by atoms with Crippen LogP contribution in [-0.4, -0.2) is 31.8 Å². The van der Waals surface area contributed by atoms with Crippen LogP contribution in [0.15, 0.2) is 42.9 Å². The van der Waals surface area contributed by atoms with Gasteiger partial charge in [-0.05, 0) is 18.9 Å². The third-order valence-corrected chi connectivity index (χ3v) is 4.97. The lowest BCUT2D eigenvalue weighted by Crippen LogP contribution is -2.41. The zero-order chi connectivity index (χ0) is 16.4. The van der Waals surface area contributed by atoms with Crippen LogP contribution >= 0.6 is 0 Å². The van der Waals surface area contributed by atoms with E-state index in [2.05, 4.69) is 15.0 Å². The first kappa shape index (κ1) is 15.0. The monoisotopic (exact) mass is 322 g/mol. The molecule has 0 unspecified atom stereocenters. The maximum atomic E-state index is 13.3. The Balaban J connectivity index is 1.67. The number of H-pyrrole nitrogens is 2. The number of amides is 1. The molecule has 0 saturated heterocycles. The fourth-order valence-electron chi connectivity index (χ4n) is 3.71. The second kappa shape index (κ2) is 6.51. The molecule has 2 heterocycles. The number of aromatic nitrogens is 3. The smallest absolute Gasteiger partial charge is 0.256 e. The third-order valence-electron chi connectivity index (χ3n) is 4.97. The average molecular weight is 322 g/mol. The maximum Gasteiger partial charge on any atom is 0.256 e. The van der Waals surface area contributed by atoms with Crippen molar-refractivity contribution in [3.63, 3.8) is 0 Å². The molecule has 24 heavy (non-hydrogen) atoms. The fraction of sp³-hybridized carbons (Fsp3) is 0.368. The van der Waals surface area contributed by atoms with Crippen molar-refractivity contribution in [3.05, 3.63) is 54.2 Å². The highest BCUT2D eigenvalue weighted by atomic mass is 16.2. The van der Waals surface area contributed by atoms with Gasteiger partial charge in [0.15, 0.2) is 0 Å². The van der Waals surface area contributed by atoms with Crippen molar-refractivity contribution in [2.24, 2.45) is 0 Å². The summed E-state index contributed by atoms with van der Waals surface area (Å²) < 4.78 is 0. The minimum Gasteiger partial charge on any atom is -0.360 e. The van der Waals surface area contributed by atoms with Crippen molar-refractivity contribution in [2.45, 2.75) is 44.7 Å². The third kappa shape index (κ3) is 2.82. The average Bonchev–Trinajstić information content (AvgIpc) is 3.29. The Morgan fingerprint density at radius 3 is 2.79 bits per heavy atom. The minimum absolute atomic E-state index is 0.0933. The van der Waals surface area contributed by atoms with E-state index in [9.17, 15) is 4.79 Å². The zero-order valence-electron chi connectivity index (χ0n) is 13.7. The Hall–Kier alpha value is -2.56. The van der Waals surface area contributed by atoms with Crippen LogP contribution < -0.4 is 0 Å². The van der Waals surface area contributed by atoms with Gasteiger partial charge in [-0.15, -0.1) is 0 Å². The lowest BCUT2D eigenvalue weighted by molar-refractivity contribution is 0.0610. The molecule has 1 amide bonds. The van der Waals surface area contributed by atoms with Crippen LogP contribution in [-0.2, 0) is 6.54 Å². The lowest BCUT2D eigenvalue weighted by atomic mass is 9.93. The minimum atomic E-state index is 0.0933. The van der Waals surface area contributed by atoms with Crippen LogP contribution in [0.25, 0.3) is 10.9 Å². The number of nitrogens with one attached hydrogen (secondary N) is 2. The summed E-state index contributed by atoms with van der Waals surface area (Å²) in [4.78, 5) is 26.0. The van der Waals surface area contributed by atoms with Crippen molar-refractivity contribution in [2.75, 3.05) is 0 Å². The molecule has 124 valence electrons. The van der Waals surface area contributed by atoms with E-state index in [1.807, 2.05) is 41.6 Å². The molecule has 2 aromatic heterocycles. The number of hydrogen-bond donors (Lipinski definition) is 2. The number of para-hydroxylation sites is 1. The molecule has 1 aromatic carbocycles. The van der Waals surface area contributed by atoms with Crippen molar-refractivity contribution >= 4 is 16.8 Å². The number of carbonyl (C=O) groups is 1. The number of nitrogens with zero attached hydrogens (tertiary/aromatic N) is 2. The van der Waals surface area contributed by atoms with Crippen LogP contribution in [0.4, 0.5) is 0 Å². The van der Waals surface area contributed by atoms with Gasteiger partial charge >= 0.3 is 0 Å². The first-order valence-electron chi connectivity index (χ1n) is 8.68. The van der Waals surface area contributed by atoms with E-state index in [4.69, 9.17) is 0 Å². The Morgan fingerprint density at radius 2 is 2.00 bits per heavy atom. The second-order valence-corrected chi connectivity index (χ2v) is 6.51. The van der Waals surface area contributed by atoms with E-state index in [1.165, 1.54) is 19.3 Å². The molecule has 1 aliphatic carbocycles. The Kier molecular flexibility index (Phi) is 4.07. The standard InChI is InChI=1S/C19H22N4O/c24-19(16-12-22-17-9-5-4-8-15(16)17)23(13-18-20-10-11-21-18)14-6-2-1-3-7-14/h4-5,8-12,14,22H,1-3,6-7,13H2,(H,20,21). The molecule has 0 aliphatic heterocycles. The van der Waals surface area contributed by atoms with Gasteiger partial charge < -0.3 is 14.9 Å². The van der Waals surface area contributed by atoms with Gasteiger partial charge in [0, 0.05) is 35.5 Å². The van der Waals surface area contributed by atoms with Gasteiger partial charge in [0.05, 0.1) is 12.1 Å². The molecule has 0 atom stereocenters. The highest BCUT2D eigenvalue weighted by Gasteiger charge is 2.28. The number of fused-ring (bicyclic) bond motifs is 1. The van der Waals surface area contributed by atoms with E-state index in [-0.39, 0.29) is 5.91 Å². The predicted molar refractivity (Wildman–Crippen MR) is 93.6 cm³/mol. The number of imidazole rings is 1. The molecule has 0 bridgehead atoms. The first-order chi connectivity index (χ1) is 11.8. The van der Waals surface area contributed by atoms with Gasteiger partial charge in [-0.3, -0.25) is 4.79 Å². The van der Waals surface area contributed by atoms with E-state index in [0.29, 0.717) is 12.6 Å². The summed E-state index contributed by atoms with van der Waals surface area (Å²) >= 11 is 0. The van der Waals surface area contributed by atoms with E-state index < -0.39 is 0 Å².